The van der Waals surface area contributed by atoms with Gasteiger partial charge in [-0.3, -0.25) is 0 Å². The fourth-order valence-electron chi connectivity index (χ4n) is 4.04. The van der Waals surface area contributed by atoms with Crippen LogP contribution in [-0.2, 0) is 0 Å². The number of hydrogen-bond donors (Lipinski definition) is 0. The maximum absolute atomic E-state index is 3.99. The van der Waals surface area contributed by atoms with E-state index >= 15 is 0 Å². The van der Waals surface area contributed by atoms with Crippen LogP contribution in [0.5, 0.6) is 0 Å². The van der Waals surface area contributed by atoms with Crippen LogP contribution in [0.1, 0.15) is 39.0 Å². The Morgan fingerprint density at radius 3 is 2.93 bits per heavy atom. The minimum absolute atomic E-state index is 0.826. The molecular formula is C14H20. The smallest absolute Gasteiger partial charge is 0.0132 e. The molecule has 1 saturated carbocycles. The summed E-state index contributed by atoms with van der Waals surface area (Å²) in [5.74, 6) is 3.66. The van der Waals surface area contributed by atoms with Crippen molar-refractivity contribution in [3.8, 4) is 0 Å². The van der Waals surface area contributed by atoms with E-state index in [-0.39, 0.29) is 0 Å². The molecule has 2 bridgehead atoms. The molecule has 76 valence electrons. The van der Waals surface area contributed by atoms with Crippen LogP contribution in [0.4, 0.5) is 0 Å². The van der Waals surface area contributed by atoms with E-state index in [4.69, 9.17) is 0 Å². The standard InChI is InChI=1S/C14H20/c1-3-10-7-11-8-14(10)12-5-4-9(2)6-13(11)12/h3,9-11,14H,1,4-8H2,2H3. The molecule has 0 aromatic rings. The summed E-state index contributed by atoms with van der Waals surface area (Å²) < 4.78 is 0. The zero-order valence-corrected chi connectivity index (χ0v) is 9.13. The van der Waals surface area contributed by atoms with E-state index in [9.17, 15) is 0 Å². The Hall–Kier alpha value is -0.520. The molecule has 0 aromatic carbocycles. The lowest BCUT2D eigenvalue weighted by molar-refractivity contribution is 0.414. The second kappa shape index (κ2) is 2.98. The lowest BCUT2D eigenvalue weighted by atomic mass is 9.74. The van der Waals surface area contributed by atoms with Crippen molar-refractivity contribution in [3.63, 3.8) is 0 Å². The van der Waals surface area contributed by atoms with Gasteiger partial charge in [-0.15, -0.1) is 6.58 Å². The Bertz CT molecular complexity index is 297. The lowest BCUT2D eigenvalue weighted by Crippen LogP contribution is -2.18. The molecule has 14 heavy (non-hydrogen) atoms. The summed E-state index contributed by atoms with van der Waals surface area (Å²) in [6.45, 7) is 6.41. The van der Waals surface area contributed by atoms with E-state index < -0.39 is 0 Å². The van der Waals surface area contributed by atoms with Crippen LogP contribution >= 0.6 is 0 Å². The molecule has 0 amide bonds. The molecule has 0 heterocycles. The van der Waals surface area contributed by atoms with Gasteiger partial charge in [0.25, 0.3) is 0 Å². The van der Waals surface area contributed by atoms with E-state index in [1.54, 1.807) is 0 Å². The maximum Gasteiger partial charge on any atom is -0.0132 e. The van der Waals surface area contributed by atoms with Crippen molar-refractivity contribution in [3.05, 3.63) is 23.8 Å². The van der Waals surface area contributed by atoms with Gasteiger partial charge >= 0.3 is 0 Å². The van der Waals surface area contributed by atoms with Gasteiger partial charge in [0.05, 0.1) is 0 Å². The average molecular weight is 188 g/mol. The predicted molar refractivity (Wildman–Crippen MR) is 59.9 cm³/mol. The Morgan fingerprint density at radius 1 is 1.29 bits per heavy atom. The Labute approximate surface area is 87.1 Å². The van der Waals surface area contributed by atoms with Crippen LogP contribution in [0.25, 0.3) is 0 Å². The number of hydrogen-bond acceptors (Lipinski definition) is 0. The monoisotopic (exact) mass is 188 g/mol. The van der Waals surface area contributed by atoms with Crippen molar-refractivity contribution in [2.75, 3.05) is 0 Å². The van der Waals surface area contributed by atoms with E-state index in [0.29, 0.717) is 0 Å². The summed E-state index contributed by atoms with van der Waals surface area (Å²) in [6.07, 6.45) is 9.36. The molecule has 0 spiro atoms. The molecule has 0 saturated heterocycles. The minimum Gasteiger partial charge on any atom is -0.103 e. The quantitative estimate of drug-likeness (QED) is 0.547. The van der Waals surface area contributed by atoms with Crippen LogP contribution in [0.15, 0.2) is 23.8 Å². The zero-order valence-electron chi connectivity index (χ0n) is 9.13. The lowest BCUT2D eigenvalue weighted by Gasteiger charge is -2.31. The first-order valence-electron chi connectivity index (χ1n) is 6.14. The second-order valence-electron chi connectivity index (χ2n) is 5.57. The van der Waals surface area contributed by atoms with Gasteiger partial charge in [-0.05, 0) is 55.8 Å². The molecule has 0 aromatic heterocycles. The van der Waals surface area contributed by atoms with Gasteiger partial charge in [0, 0.05) is 0 Å². The van der Waals surface area contributed by atoms with Gasteiger partial charge in [0.2, 0.25) is 0 Å². The molecule has 0 aliphatic heterocycles. The molecule has 1 fully saturated rings. The highest BCUT2D eigenvalue weighted by atomic mass is 14.5. The highest BCUT2D eigenvalue weighted by Crippen LogP contribution is 2.56. The van der Waals surface area contributed by atoms with Crippen molar-refractivity contribution in [2.24, 2.45) is 23.7 Å². The molecule has 4 unspecified atom stereocenters. The summed E-state index contributed by atoms with van der Waals surface area (Å²) in [5.41, 5.74) is 3.75. The van der Waals surface area contributed by atoms with Crippen LogP contribution < -0.4 is 0 Å². The van der Waals surface area contributed by atoms with Crippen molar-refractivity contribution >= 4 is 0 Å². The third kappa shape index (κ3) is 1.06. The van der Waals surface area contributed by atoms with Crippen LogP contribution in [0.2, 0.25) is 0 Å². The molecule has 0 nitrogen and oxygen atoms in total. The maximum atomic E-state index is 3.99. The summed E-state index contributed by atoms with van der Waals surface area (Å²) in [6, 6.07) is 0. The highest BCUT2D eigenvalue weighted by Gasteiger charge is 2.44. The molecule has 0 heteroatoms. The van der Waals surface area contributed by atoms with Gasteiger partial charge in [-0.2, -0.15) is 0 Å². The van der Waals surface area contributed by atoms with Gasteiger partial charge in [0.1, 0.15) is 0 Å². The van der Waals surface area contributed by atoms with Crippen LogP contribution in [0.3, 0.4) is 0 Å². The van der Waals surface area contributed by atoms with Crippen molar-refractivity contribution in [2.45, 2.75) is 39.0 Å². The minimum atomic E-state index is 0.826. The third-order valence-electron chi connectivity index (χ3n) is 4.74. The number of fused-ring (bicyclic) bond motifs is 4. The molecule has 0 N–H and O–H groups in total. The van der Waals surface area contributed by atoms with Crippen LogP contribution in [-0.4, -0.2) is 0 Å². The second-order valence-corrected chi connectivity index (χ2v) is 5.57. The van der Waals surface area contributed by atoms with Crippen molar-refractivity contribution in [1.82, 2.24) is 0 Å². The van der Waals surface area contributed by atoms with Crippen molar-refractivity contribution < 1.29 is 0 Å². The Kier molecular flexibility index (Phi) is 1.87. The van der Waals surface area contributed by atoms with Gasteiger partial charge in [0.15, 0.2) is 0 Å². The molecule has 0 radical (unpaired) electrons. The highest BCUT2D eigenvalue weighted by molar-refractivity contribution is 5.33. The molecule has 3 aliphatic rings. The SMILES string of the molecule is C=CC1CC2CC1C1=C2CC(C)CC1. The van der Waals surface area contributed by atoms with E-state index in [0.717, 1.165) is 23.7 Å². The van der Waals surface area contributed by atoms with E-state index in [2.05, 4.69) is 19.6 Å². The summed E-state index contributed by atoms with van der Waals surface area (Å²) in [7, 11) is 0. The number of allylic oxidation sites excluding steroid dienone is 3. The Morgan fingerprint density at radius 2 is 2.14 bits per heavy atom. The molecule has 3 rings (SSSR count). The first-order chi connectivity index (χ1) is 6.79. The van der Waals surface area contributed by atoms with E-state index in [1.165, 1.54) is 32.1 Å². The first kappa shape index (κ1) is 8.76. The van der Waals surface area contributed by atoms with Gasteiger partial charge in [-0.1, -0.05) is 24.1 Å². The normalized spacial score (nSPS) is 45.5. The predicted octanol–water partition coefficient (Wildman–Crippen LogP) is 3.95. The molecular weight excluding hydrogens is 168 g/mol. The summed E-state index contributed by atoms with van der Waals surface area (Å²) in [5, 5.41) is 0. The van der Waals surface area contributed by atoms with Crippen molar-refractivity contribution in [1.29, 1.82) is 0 Å². The summed E-state index contributed by atoms with van der Waals surface area (Å²) in [4.78, 5) is 0. The molecule has 3 aliphatic carbocycles. The first-order valence-corrected chi connectivity index (χ1v) is 6.14. The third-order valence-corrected chi connectivity index (χ3v) is 4.74. The van der Waals surface area contributed by atoms with Gasteiger partial charge < -0.3 is 0 Å². The van der Waals surface area contributed by atoms with Gasteiger partial charge in [-0.25, -0.2) is 0 Å². The van der Waals surface area contributed by atoms with Crippen LogP contribution in [0, 0.1) is 23.7 Å². The molecule has 4 atom stereocenters. The summed E-state index contributed by atoms with van der Waals surface area (Å²) >= 11 is 0. The Balaban J connectivity index is 1.92. The fraction of sp³-hybridized carbons (Fsp3) is 0.714. The average Bonchev–Trinajstić information content (AvgIpc) is 2.74. The topological polar surface area (TPSA) is 0 Å². The zero-order chi connectivity index (χ0) is 9.71. The van der Waals surface area contributed by atoms with E-state index in [1.807, 2.05) is 11.1 Å². The number of rotatable bonds is 1. The largest absolute Gasteiger partial charge is 0.103 e. The fourth-order valence-corrected chi connectivity index (χ4v) is 4.04.